The van der Waals surface area contributed by atoms with E-state index in [9.17, 15) is 9.18 Å². The summed E-state index contributed by atoms with van der Waals surface area (Å²) >= 11 is 5.94. The van der Waals surface area contributed by atoms with Gasteiger partial charge >= 0.3 is 0 Å². The third-order valence-electron chi connectivity index (χ3n) is 4.06. The van der Waals surface area contributed by atoms with Gasteiger partial charge in [-0.1, -0.05) is 23.7 Å². The molecule has 0 unspecified atom stereocenters. The summed E-state index contributed by atoms with van der Waals surface area (Å²) in [7, 11) is 0. The molecule has 0 aliphatic heterocycles. The zero-order valence-electron chi connectivity index (χ0n) is 13.5. The summed E-state index contributed by atoms with van der Waals surface area (Å²) in [6.45, 7) is 0.690. The molecule has 2 aromatic rings. The summed E-state index contributed by atoms with van der Waals surface area (Å²) in [5.74, 6) is -0.502. The molecule has 25 heavy (non-hydrogen) atoms. The molecule has 1 aliphatic carbocycles. The van der Waals surface area contributed by atoms with Crippen LogP contribution < -0.4 is 5.32 Å². The molecule has 0 atom stereocenters. The Kier molecular flexibility index (Phi) is 5.32. The first-order chi connectivity index (χ1) is 12.0. The van der Waals surface area contributed by atoms with Crippen molar-refractivity contribution >= 4 is 23.2 Å². The second kappa shape index (κ2) is 7.64. The van der Waals surface area contributed by atoms with Crippen LogP contribution in [0.15, 0.2) is 42.5 Å². The van der Waals surface area contributed by atoms with Crippen molar-refractivity contribution in [2.45, 2.75) is 25.4 Å². The summed E-state index contributed by atoms with van der Waals surface area (Å²) in [5.41, 5.74) is 1.60. The van der Waals surface area contributed by atoms with Crippen molar-refractivity contribution in [2.75, 3.05) is 11.9 Å². The lowest BCUT2D eigenvalue weighted by Gasteiger charge is -2.21. The van der Waals surface area contributed by atoms with E-state index in [1.807, 2.05) is 17.0 Å². The molecule has 0 heterocycles. The van der Waals surface area contributed by atoms with Gasteiger partial charge in [0, 0.05) is 17.6 Å². The molecular weight excluding hydrogens is 341 g/mol. The highest BCUT2D eigenvalue weighted by atomic mass is 35.5. The molecule has 128 valence electrons. The molecule has 1 fully saturated rings. The van der Waals surface area contributed by atoms with Gasteiger partial charge in [0.25, 0.3) is 0 Å². The summed E-state index contributed by atoms with van der Waals surface area (Å²) in [5, 5.41) is 12.3. The fraction of sp³-hybridized carbons (Fsp3) is 0.263. The third kappa shape index (κ3) is 4.79. The molecular formula is C19H17ClFN3O. The number of carbonyl (C=O) groups is 1. The first-order valence-corrected chi connectivity index (χ1v) is 8.41. The van der Waals surface area contributed by atoms with Gasteiger partial charge in [-0.05, 0) is 48.7 Å². The van der Waals surface area contributed by atoms with Gasteiger partial charge in [0.05, 0.1) is 17.8 Å². The van der Waals surface area contributed by atoms with E-state index in [0.717, 1.165) is 18.4 Å². The van der Waals surface area contributed by atoms with Crippen LogP contribution in [0.25, 0.3) is 0 Å². The molecule has 2 aromatic carbocycles. The Bertz CT molecular complexity index is 830. The minimum absolute atomic E-state index is 0.179. The predicted molar refractivity (Wildman–Crippen MR) is 94.6 cm³/mol. The standard InChI is InChI=1S/C19H17ClFN3O/c20-15-5-4-14(10-22)18(9-15)23-19(25)12-24(17-6-7-17)11-13-2-1-3-16(21)8-13/h1-5,8-9,17H,6-7,11-12H2,(H,23,25). The minimum atomic E-state index is -0.282. The number of halogens is 2. The van der Waals surface area contributed by atoms with Gasteiger partial charge in [-0.3, -0.25) is 9.69 Å². The van der Waals surface area contributed by atoms with Crippen LogP contribution in [-0.2, 0) is 11.3 Å². The quantitative estimate of drug-likeness (QED) is 0.851. The largest absolute Gasteiger partial charge is 0.324 e. The van der Waals surface area contributed by atoms with Gasteiger partial charge in [0.2, 0.25) is 5.91 Å². The summed E-state index contributed by atoms with van der Waals surface area (Å²) in [6, 6.07) is 13.5. The van der Waals surface area contributed by atoms with E-state index < -0.39 is 0 Å². The number of benzene rings is 2. The lowest BCUT2D eigenvalue weighted by molar-refractivity contribution is -0.117. The van der Waals surface area contributed by atoms with Crippen molar-refractivity contribution in [3.63, 3.8) is 0 Å². The van der Waals surface area contributed by atoms with E-state index >= 15 is 0 Å². The number of hydrogen-bond donors (Lipinski definition) is 1. The Morgan fingerprint density at radius 3 is 2.80 bits per heavy atom. The number of nitrogens with zero attached hydrogens (tertiary/aromatic N) is 2. The smallest absolute Gasteiger partial charge is 0.238 e. The lowest BCUT2D eigenvalue weighted by Crippen LogP contribution is -2.34. The molecule has 1 amide bonds. The van der Waals surface area contributed by atoms with Gasteiger partial charge in [-0.2, -0.15) is 5.26 Å². The minimum Gasteiger partial charge on any atom is -0.324 e. The van der Waals surface area contributed by atoms with Crippen LogP contribution in [0.5, 0.6) is 0 Å². The second-order valence-electron chi connectivity index (χ2n) is 6.12. The van der Waals surface area contributed by atoms with Crippen LogP contribution >= 0.6 is 11.6 Å². The molecule has 0 spiro atoms. The lowest BCUT2D eigenvalue weighted by atomic mass is 10.2. The average molecular weight is 358 g/mol. The molecule has 1 saturated carbocycles. The molecule has 0 saturated heterocycles. The van der Waals surface area contributed by atoms with Gasteiger partial charge in [-0.15, -0.1) is 0 Å². The van der Waals surface area contributed by atoms with Crippen LogP contribution in [0.3, 0.4) is 0 Å². The highest BCUT2D eigenvalue weighted by Gasteiger charge is 2.30. The summed E-state index contributed by atoms with van der Waals surface area (Å²) in [6.07, 6.45) is 2.06. The van der Waals surface area contributed by atoms with Crippen LogP contribution in [0.4, 0.5) is 10.1 Å². The van der Waals surface area contributed by atoms with Crippen molar-refractivity contribution in [3.05, 3.63) is 64.4 Å². The number of carbonyl (C=O) groups excluding carboxylic acids is 1. The zero-order chi connectivity index (χ0) is 17.8. The molecule has 0 radical (unpaired) electrons. The highest BCUT2D eigenvalue weighted by Crippen LogP contribution is 2.28. The van der Waals surface area contributed by atoms with E-state index in [1.54, 1.807) is 24.3 Å². The summed E-state index contributed by atoms with van der Waals surface area (Å²) < 4.78 is 13.4. The first-order valence-electron chi connectivity index (χ1n) is 8.03. The monoisotopic (exact) mass is 357 g/mol. The van der Waals surface area contributed by atoms with Crippen LogP contribution in [0.1, 0.15) is 24.0 Å². The van der Waals surface area contributed by atoms with E-state index in [1.165, 1.54) is 12.1 Å². The van der Waals surface area contributed by atoms with Gasteiger partial charge in [0.15, 0.2) is 0 Å². The third-order valence-corrected chi connectivity index (χ3v) is 4.30. The van der Waals surface area contributed by atoms with Crippen molar-refractivity contribution in [1.82, 2.24) is 4.90 Å². The molecule has 1 aliphatic rings. The maximum absolute atomic E-state index is 13.4. The van der Waals surface area contributed by atoms with E-state index in [4.69, 9.17) is 16.9 Å². The topological polar surface area (TPSA) is 56.1 Å². The number of nitrogens with one attached hydrogen (secondary N) is 1. The Hall–Kier alpha value is -2.42. The second-order valence-corrected chi connectivity index (χ2v) is 6.55. The van der Waals surface area contributed by atoms with Gasteiger partial charge in [0.1, 0.15) is 11.9 Å². The van der Waals surface area contributed by atoms with E-state index in [2.05, 4.69) is 5.32 Å². The Morgan fingerprint density at radius 1 is 1.32 bits per heavy atom. The number of rotatable bonds is 6. The van der Waals surface area contributed by atoms with E-state index in [-0.39, 0.29) is 18.3 Å². The highest BCUT2D eigenvalue weighted by molar-refractivity contribution is 6.31. The van der Waals surface area contributed by atoms with Crippen LogP contribution in [0, 0.1) is 17.1 Å². The fourth-order valence-corrected chi connectivity index (χ4v) is 2.89. The number of nitriles is 1. The maximum Gasteiger partial charge on any atom is 0.238 e. The van der Waals surface area contributed by atoms with Crippen molar-refractivity contribution in [1.29, 1.82) is 5.26 Å². The van der Waals surface area contributed by atoms with Crippen LogP contribution in [-0.4, -0.2) is 23.4 Å². The van der Waals surface area contributed by atoms with E-state index in [0.29, 0.717) is 28.9 Å². The fourth-order valence-electron chi connectivity index (χ4n) is 2.72. The molecule has 4 nitrogen and oxygen atoms in total. The van der Waals surface area contributed by atoms with Crippen molar-refractivity contribution in [2.24, 2.45) is 0 Å². The van der Waals surface area contributed by atoms with Crippen molar-refractivity contribution < 1.29 is 9.18 Å². The Labute approximate surface area is 150 Å². The number of amides is 1. The zero-order valence-corrected chi connectivity index (χ0v) is 14.3. The molecule has 1 N–H and O–H groups in total. The summed E-state index contributed by atoms with van der Waals surface area (Å²) in [4.78, 5) is 14.4. The number of hydrogen-bond acceptors (Lipinski definition) is 3. The SMILES string of the molecule is N#Cc1ccc(Cl)cc1NC(=O)CN(Cc1cccc(F)c1)C1CC1. The van der Waals surface area contributed by atoms with Crippen LogP contribution in [0.2, 0.25) is 5.02 Å². The Balaban J connectivity index is 1.67. The number of anilines is 1. The molecule has 0 aromatic heterocycles. The average Bonchev–Trinajstić information content (AvgIpc) is 3.39. The molecule has 6 heteroatoms. The van der Waals surface area contributed by atoms with Gasteiger partial charge in [-0.25, -0.2) is 4.39 Å². The Morgan fingerprint density at radius 2 is 2.12 bits per heavy atom. The first kappa shape index (κ1) is 17.4. The normalized spacial score (nSPS) is 13.5. The van der Waals surface area contributed by atoms with Gasteiger partial charge < -0.3 is 5.32 Å². The molecule has 0 bridgehead atoms. The maximum atomic E-state index is 13.4. The predicted octanol–water partition coefficient (Wildman–Crippen LogP) is 3.95. The van der Waals surface area contributed by atoms with Crippen molar-refractivity contribution in [3.8, 4) is 6.07 Å². The molecule has 3 rings (SSSR count).